The van der Waals surface area contributed by atoms with Crippen LogP contribution < -0.4 is 11.5 Å². The van der Waals surface area contributed by atoms with E-state index in [1.165, 1.54) is 89.9 Å². The monoisotopic (exact) mass is 711 g/mol. The molecule has 0 aliphatic heterocycles. The molecule has 0 rings (SSSR count). The minimum absolute atomic E-state index is 0.0682. The Hall–Kier alpha value is -1.34. The zero-order valence-corrected chi connectivity index (χ0v) is 34.4. The van der Waals surface area contributed by atoms with Gasteiger partial charge in [-0.05, 0) is 88.9 Å². The Bertz CT molecular complexity index is 802. The van der Waals surface area contributed by atoms with E-state index in [-0.39, 0.29) is 30.1 Å². The third-order valence-corrected chi connectivity index (χ3v) is 11.4. The van der Waals surface area contributed by atoms with Crippen molar-refractivity contribution >= 4 is 12.1 Å². The molecule has 0 amide bonds. The van der Waals surface area contributed by atoms with E-state index < -0.39 is 11.7 Å². The summed E-state index contributed by atoms with van der Waals surface area (Å²) >= 11 is 0. The lowest BCUT2D eigenvalue weighted by molar-refractivity contribution is -0.145. The Balaban J connectivity index is 4.70. The van der Waals surface area contributed by atoms with Crippen molar-refractivity contribution in [1.82, 2.24) is 0 Å². The Kier molecular flexibility index (Phi) is 30.4. The Labute approximate surface area is 310 Å². The lowest BCUT2D eigenvalue weighted by Gasteiger charge is -2.37. The molecule has 3 unspecified atom stereocenters. The van der Waals surface area contributed by atoms with Gasteiger partial charge in [-0.25, -0.2) is 4.79 Å². The summed E-state index contributed by atoms with van der Waals surface area (Å²) in [6.07, 6.45) is 27.8. The number of rotatable bonds is 35. The fourth-order valence-electron chi connectivity index (χ4n) is 6.83. The van der Waals surface area contributed by atoms with Crippen LogP contribution in [0.2, 0.25) is 0 Å². The van der Waals surface area contributed by atoms with Crippen LogP contribution >= 0.6 is 0 Å². The molecule has 0 saturated carbocycles. The molecule has 0 aromatic heterocycles. The molecule has 50 heavy (non-hydrogen) atoms. The van der Waals surface area contributed by atoms with Crippen LogP contribution in [0, 0.1) is 11.8 Å². The molecule has 0 radical (unpaired) electrons. The standard InChI is InChI=1S/C43H86N2O5/c1-8-13-16-19-20-23-28-38(27-22-17-14-9-2)36-49-40(46)31-26-21-25-30-39(29-24-18-15-10-3)50-41(47)48-35-34-43(45,37(6)7)33-32-42(44,11-4)12-5/h37-39H,8-36,44-45H2,1-7H3. The molecule has 4 N–H and O–H groups in total. The summed E-state index contributed by atoms with van der Waals surface area (Å²) in [5.74, 6) is 0.665. The molecule has 298 valence electrons. The maximum Gasteiger partial charge on any atom is 0.508 e. The Morgan fingerprint density at radius 3 is 1.58 bits per heavy atom. The predicted molar refractivity (Wildman–Crippen MR) is 212 cm³/mol. The average molecular weight is 711 g/mol. The molecule has 0 aromatic carbocycles. The summed E-state index contributed by atoms with van der Waals surface area (Å²) in [7, 11) is 0. The molecular formula is C43H86N2O5. The van der Waals surface area contributed by atoms with Gasteiger partial charge >= 0.3 is 12.1 Å². The van der Waals surface area contributed by atoms with Crippen LogP contribution in [-0.4, -0.2) is 42.5 Å². The van der Waals surface area contributed by atoms with E-state index in [1.54, 1.807) is 0 Å². The lowest BCUT2D eigenvalue weighted by Crippen LogP contribution is -2.49. The van der Waals surface area contributed by atoms with E-state index >= 15 is 0 Å². The molecule has 0 aromatic rings. The van der Waals surface area contributed by atoms with Crippen molar-refractivity contribution in [3.63, 3.8) is 0 Å². The van der Waals surface area contributed by atoms with E-state index in [4.69, 9.17) is 25.7 Å². The van der Waals surface area contributed by atoms with Gasteiger partial charge < -0.3 is 25.7 Å². The van der Waals surface area contributed by atoms with E-state index in [2.05, 4.69) is 48.5 Å². The molecule has 7 nitrogen and oxygen atoms in total. The highest BCUT2D eigenvalue weighted by Crippen LogP contribution is 2.29. The number of esters is 1. The van der Waals surface area contributed by atoms with E-state index in [9.17, 15) is 9.59 Å². The highest BCUT2D eigenvalue weighted by molar-refractivity contribution is 5.69. The van der Waals surface area contributed by atoms with E-state index in [0.29, 0.717) is 25.4 Å². The third kappa shape index (κ3) is 25.6. The van der Waals surface area contributed by atoms with Gasteiger partial charge in [0.25, 0.3) is 0 Å². The van der Waals surface area contributed by atoms with Crippen molar-refractivity contribution in [3.8, 4) is 0 Å². The minimum atomic E-state index is -0.597. The third-order valence-electron chi connectivity index (χ3n) is 11.4. The van der Waals surface area contributed by atoms with Crippen LogP contribution in [0.25, 0.3) is 0 Å². The summed E-state index contributed by atoms with van der Waals surface area (Å²) < 4.78 is 17.2. The Morgan fingerprint density at radius 2 is 1.06 bits per heavy atom. The molecule has 0 heterocycles. The van der Waals surface area contributed by atoms with Gasteiger partial charge in [-0.1, -0.05) is 138 Å². The second kappa shape index (κ2) is 31.2. The Morgan fingerprint density at radius 1 is 0.580 bits per heavy atom. The van der Waals surface area contributed by atoms with Gasteiger partial charge in [0.2, 0.25) is 0 Å². The minimum Gasteiger partial charge on any atom is -0.465 e. The summed E-state index contributed by atoms with van der Waals surface area (Å²) in [5.41, 5.74) is 12.7. The summed E-state index contributed by atoms with van der Waals surface area (Å²) in [6.45, 7) is 16.0. The fraction of sp³-hybridized carbons (Fsp3) is 0.953. The smallest absolute Gasteiger partial charge is 0.465 e. The van der Waals surface area contributed by atoms with Gasteiger partial charge in [-0.15, -0.1) is 0 Å². The van der Waals surface area contributed by atoms with E-state index in [0.717, 1.165) is 70.6 Å². The first-order chi connectivity index (χ1) is 24.0. The van der Waals surface area contributed by atoms with E-state index in [1.807, 2.05) is 0 Å². The van der Waals surface area contributed by atoms with Crippen molar-refractivity contribution in [3.05, 3.63) is 0 Å². The first-order valence-corrected chi connectivity index (χ1v) is 21.6. The topological polar surface area (TPSA) is 114 Å². The molecular weight excluding hydrogens is 624 g/mol. The fourth-order valence-corrected chi connectivity index (χ4v) is 6.83. The normalized spacial score (nSPS) is 14.4. The first-order valence-electron chi connectivity index (χ1n) is 21.6. The zero-order chi connectivity index (χ0) is 37.5. The van der Waals surface area contributed by atoms with Crippen LogP contribution in [0.4, 0.5) is 4.79 Å². The van der Waals surface area contributed by atoms with Gasteiger partial charge in [-0.3, -0.25) is 4.79 Å². The maximum absolute atomic E-state index is 12.8. The van der Waals surface area contributed by atoms with Crippen LogP contribution in [0.5, 0.6) is 0 Å². The van der Waals surface area contributed by atoms with Crippen LogP contribution in [-0.2, 0) is 19.0 Å². The van der Waals surface area contributed by atoms with Crippen molar-refractivity contribution in [2.75, 3.05) is 13.2 Å². The summed E-state index contributed by atoms with van der Waals surface area (Å²) in [6, 6.07) is 0. The number of carbonyl (C=O) groups is 2. The highest BCUT2D eigenvalue weighted by Gasteiger charge is 2.33. The second-order valence-corrected chi connectivity index (χ2v) is 15.9. The average Bonchev–Trinajstić information content (AvgIpc) is 3.10. The summed E-state index contributed by atoms with van der Waals surface area (Å²) in [4.78, 5) is 25.4. The second-order valence-electron chi connectivity index (χ2n) is 15.9. The first kappa shape index (κ1) is 48.7. The van der Waals surface area contributed by atoms with Gasteiger partial charge in [0.05, 0.1) is 13.2 Å². The number of ether oxygens (including phenoxy) is 3. The number of hydrogen-bond acceptors (Lipinski definition) is 7. The van der Waals surface area contributed by atoms with Gasteiger partial charge in [0.1, 0.15) is 6.10 Å². The lowest BCUT2D eigenvalue weighted by atomic mass is 9.76. The number of carbonyl (C=O) groups excluding carboxylic acids is 2. The number of hydrogen-bond donors (Lipinski definition) is 2. The molecule has 0 saturated heterocycles. The molecule has 7 heteroatoms. The highest BCUT2D eigenvalue weighted by atomic mass is 16.7. The van der Waals surface area contributed by atoms with Crippen LogP contribution in [0.3, 0.4) is 0 Å². The summed E-state index contributed by atoms with van der Waals surface area (Å²) in [5, 5.41) is 0. The molecule has 0 aliphatic rings. The van der Waals surface area contributed by atoms with Crippen molar-refractivity contribution in [2.45, 2.75) is 239 Å². The van der Waals surface area contributed by atoms with Crippen molar-refractivity contribution in [2.24, 2.45) is 23.3 Å². The maximum atomic E-state index is 12.8. The van der Waals surface area contributed by atoms with Gasteiger partial charge in [-0.2, -0.15) is 0 Å². The van der Waals surface area contributed by atoms with Crippen LogP contribution in [0.1, 0.15) is 222 Å². The van der Waals surface area contributed by atoms with Gasteiger partial charge in [0.15, 0.2) is 0 Å². The van der Waals surface area contributed by atoms with Crippen molar-refractivity contribution < 1.29 is 23.8 Å². The molecule has 0 spiro atoms. The molecule has 0 fully saturated rings. The largest absolute Gasteiger partial charge is 0.508 e. The number of unbranched alkanes of at least 4 members (excludes halogenated alkanes) is 13. The SMILES string of the molecule is CCCCCCCCC(CCCCCC)COC(=O)CCCCCC(CCCCCC)OC(=O)OCCC(N)(CCC(N)(CC)CC)C(C)C. The number of nitrogens with two attached hydrogens (primary N) is 2. The van der Waals surface area contributed by atoms with Crippen LogP contribution in [0.15, 0.2) is 0 Å². The molecule has 0 aliphatic carbocycles. The molecule has 3 atom stereocenters. The molecule has 0 bridgehead atoms. The predicted octanol–water partition coefficient (Wildman–Crippen LogP) is 12.4. The van der Waals surface area contributed by atoms with Gasteiger partial charge in [0, 0.05) is 17.5 Å². The van der Waals surface area contributed by atoms with Crippen molar-refractivity contribution in [1.29, 1.82) is 0 Å². The quantitative estimate of drug-likeness (QED) is 0.0497. The zero-order valence-electron chi connectivity index (χ0n) is 34.4.